The maximum Gasteiger partial charge on any atom is 0.323 e. The summed E-state index contributed by atoms with van der Waals surface area (Å²) in [5, 5.41) is 0. The van der Waals surface area contributed by atoms with Crippen molar-refractivity contribution in [3.63, 3.8) is 0 Å². The van der Waals surface area contributed by atoms with E-state index in [9.17, 15) is 4.79 Å². The number of hydrogen-bond donors (Lipinski definition) is 0. The van der Waals surface area contributed by atoms with Crippen molar-refractivity contribution in [2.45, 2.75) is 51.7 Å². The van der Waals surface area contributed by atoms with E-state index in [1.54, 1.807) is 0 Å². The lowest BCUT2D eigenvalue weighted by molar-refractivity contribution is -0.162. The number of ether oxygens (including phenoxy) is 1. The molecule has 1 rings (SSSR count). The third-order valence-electron chi connectivity index (χ3n) is 2.62. The second-order valence-electron chi connectivity index (χ2n) is 4.70. The Hall–Kier alpha value is -0.570. The van der Waals surface area contributed by atoms with E-state index >= 15 is 0 Å². The third-order valence-corrected chi connectivity index (χ3v) is 2.62. The van der Waals surface area contributed by atoms with Crippen LogP contribution in [0.2, 0.25) is 0 Å². The van der Waals surface area contributed by atoms with Crippen LogP contribution < -0.4 is 0 Å². The molecule has 0 bridgehead atoms. The van der Waals surface area contributed by atoms with Crippen molar-refractivity contribution >= 4 is 5.97 Å². The van der Waals surface area contributed by atoms with Gasteiger partial charge in [-0.2, -0.15) is 0 Å². The number of likely N-dealkylation sites (tertiary alicyclic amines) is 1. The van der Waals surface area contributed by atoms with Crippen LogP contribution in [-0.4, -0.2) is 35.6 Å². The molecule has 1 aliphatic rings. The Morgan fingerprint density at radius 2 is 2.00 bits per heavy atom. The van der Waals surface area contributed by atoms with Crippen molar-refractivity contribution in [2.75, 3.05) is 7.11 Å². The summed E-state index contributed by atoms with van der Waals surface area (Å²) in [5.74, 6) is -0.104. The zero-order chi connectivity index (χ0) is 10.2. The van der Waals surface area contributed by atoms with Crippen molar-refractivity contribution in [2.24, 2.45) is 0 Å². The molecule has 0 aliphatic carbocycles. The molecule has 76 valence electrons. The fourth-order valence-corrected chi connectivity index (χ4v) is 2.19. The van der Waals surface area contributed by atoms with E-state index in [4.69, 9.17) is 4.74 Å². The zero-order valence-corrected chi connectivity index (χ0v) is 9.13. The Morgan fingerprint density at radius 3 is 2.31 bits per heavy atom. The van der Waals surface area contributed by atoms with E-state index < -0.39 is 0 Å². The maximum absolute atomic E-state index is 11.3. The van der Waals surface area contributed by atoms with E-state index in [0.717, 1.165) is 6.42 Å². The molecular weight excluding hydrogens is 166 g/mol. The molecule has 3 heteroatoms. The van der Waals surface area contributed by atoms with Gasteiger partial charge in [0.25, 0.3) is 0 Å². The van der Waals surface area contributed by atoms with Crippen LogP contribution in [0, 0.1) is 0 Å². The molecule has 1 fully saturated rings. The third kappa shape index (κ3) is 1.85. The minimum Gasteiger partial charge on any atom is -0.468 e. The summed E-state index contributed by atoms with van der Waals surface area (Å²) < 4.78 is 4.75. The van der Waals surface area contributed by atoms with Crippen LogP contribution in [0.25, 0.3) is 0 Å². The SMILES string of the molecule is COC(=O)[C@@H]1C[C@@H](C)N1C(C)(C)C. The van der Waals surface area contributed by atoms with Gasteiger partial charge >= 0.3 is 5.97 Å². The highest BCUT2D eigenvalue weighted by atomic mass is 16.5. The molecular formula is C10H19NO2. The Kier molecular flexibility index (Phi) is 2.66. The second-order valence-corrected chi connectivity index (χ2v) is 4.70. The summed E-state index contributed by atoms with van der Waals surface area (Å²) in [5.41, 5.74) is 0.0521. The van der Waals surface area contributed by atoms with E-state index in [1.807, 2.05) is 0 Å². The number of rotatable bonds is 1. The molecule has 1 heterocycles. The second kappa shape index (κ2) is 3.29. The monoisotopic (exact) mass is 185 g/mol. The molecule has 1 saturated heterocycles. The number of nitrogens with zero attached hydrogens (tertiary/aromatic N) is 1. The quantitative estimate of drug-likeness (QED) is 0.579. The summed E-state index contributed by atoms with van der Waals surface area (Å²) in [7, 11) is 1.45. The van der Waals surface area contributed by atoms with Gasteiger partial charge in [0.15, 0.2) is 0 Å². The lowest BCUT2D eigenvalue weighted by Gasteiger charge is -2.52. The van der Waals surface area contributed by atoms with Crippen LogP contribution in [-0.2, 0) is 9.53 Å². The minimum atomic E-state index is -0.104. The van der Waals surface area contributed by atoms with Gasteiger partial charge in [-0.3, -0.25) is 9.69 Å². The van der Waals surface area contributed by atoms with Gasteiger partial charge in [0, 0.05) is 11.6 Å². The Bertz CT molecular complexity index is 207. The molecule has 13 heavy (non-hydrogen) atoms. The lowest BCUT2D eigenvalue weighted by Crippen LogP contribution is -2.65. The number of carbonyl (C=O) groups is 1. The van der Waals surface area contributed by atoms with Crippen LogP contribution in [0.3, 0.4) is 0 Å². The molecule has 1 aliphatic heterocycles. The van der Waals surface area contributed by atoms with Gasteiger partial charge in [0.2, 0.25) is 0 Å². The predicted molar refractivity (Wildman–Crippen MR) is 51.5 cm³/mol. The summed E-state index contributed by atoms with van der Waals surface area (Å²) >= 11 is 0. The highest BCUT2D eigenvalue weighted by Crippen LogP contribution is 2.33. The highest BCUT2D eigenvalue weighted by Gasteiger charge is 2.46. The van der Waals surface area contributed by atoms with Gasteiger partial charge in [0.1, 0.15) is 6.04 Å². The molecule has 0 unspecified atom stereocenters. The summed E-state index contributed by atoms with van der Waals surface area (Å²) in [4.78, 5) is 13.5. The van der Waals surface area contributed by atoms with Crippen molar-refractivity contribution in [1.29, 1.82) is 0 Å². The predicted octanol–water partition coefficient (Wildman–Crippen LogP) is 1.42. The van der Waals surface area contributed by atoms with Gasteiger partial charge < -0.3 is 4.74 Å². The Morgan fingerprint density at radius 1 is 1.46 bits per heavy atom. The molecule has 0 saturated carbocycles. The fourth-order valence-electron chi connectivity index (χ4n) is 2.19. The average Bonchev–Trinajstić information content (AvgIpc) is 1.95. The van der Waals surface area contributed by atoms with Crippen molar-refractivity contribution < 1.29 is 9.53 Å². The first kappa shape index (κ1) is 10.5. The van der Waals surface area contributed by atoms with Crippen molar-refractivity contribution in [3.05, 3.63) is 0 Å². The molecule has 0 N–H and O–H groups in total. The van der Waals surface area contributed by atoms with Crippen LogP contribution in [0.15, 0.2) is 0 Å². The van der Waals surface area contributed by atoms with Crippen LogP contribution in [0.4, 0.5) is 0 Å². The summed E-state index contributed by atoms with van der Waals surface area (Å²) in [6.45, 7) is 8.51. The first-order valence-corrected chi connectivity index (χ1v) is 4.74. The van der Waals surface area contributed by atoms with E-state index in [2.05, 4.69) is 32.6 Å². The molecule has 0 spiro atoms. The molecule has 0 radical (unpaired) electrons. The molecule has 0 amide bonds. The smallest absolute Gasteiger partial charge is 0.323 e. The topological polar surface area (TPSA) is 29.5 Å². The van der Waals surface area contributed by atoms with Gasteiger partial charge in [-0.05, 0) is 34.1 Å². The van der Waals surface area contributed by atoms with Crippen molar-refractivity contribution in [3.8, 4) is 0 Å². The largest absolute Gasteiger partial charge is 0.468 e. The van der Waals surface area contributed by atoms with Crippen molar-refractivity contribution in [1.82, 2.24) is 4.90 Å². The Labute approximate surface area is 80.1 Å². The normalized spacial score (nSPS) is 29.6. The van der Waals surface area contributed by atoms with E-state index in [1.165, 1.54) is 7.11 Å². The van der Waals surface area contributed by atoms with Gasteiger partial charge in [-0.1, -0.05) is 0 Å². The summed E-state index contributed by atoms with van der Waals surface area (Å²) in [6, 6.07) is 0.462. The van der Waals surface area contributed by atoms with E-state index in [0.29, 0.717) is 6.04 Å². The van der Waals surface area contributed by atoms with Gasteiger partial charge in [-0.15, -0.1) is 0 Å². The minimum absolute atomic E-state index is 0.0278. The first-order valence-electron chi connectivity index (χ1n) is 4.74. The standard InChI is InChI=1S/C10H19NO2/c1-7-6-8(9(12)13-5)11(7)10(2,3)4/h7-8H,6H2,1-5H3/t7-,8+/m1/s1. The highest BCUT2D eigenvalue weighted by molar-refractivity contribution is 5.77. The fraction of sp³-hybridized carbons (Fsp3) is 0.900. The van der Waals surface area contributed by atoms with Gasteiger partial charge in [-0.25, -0.2) is 0 Å². The Balaban J connectivity index is 2.67. The van der Waals surface area contributed by atoms with Gasteiger partial charge in [0.05, 0.1) is 7.11 Å². The van der Waals surface area contributed by atoms with Crippen LogP contribution >= 0.6 is 0 Å². The molecule has 3 nitrogen and oxygen atoms in total. The first-order chi connectivity index (χ1) is 5.88. The van der Waals surface area contributed by atoms with E-state index in [-0.39, 0.29) is 17.6 Å². The molecule has 0 aromatic rings. The molecule has 2 atom stereocenters. The number of hydrogen-bond acceptors (Lipinski definition) is 3. The van der Waals surface area contributed by atoms with Crippen LogP contribution in [0.5, 0.6) is 0 Å². The number of carbonyl (C=O) groups excluding carboxylic acids is 1. The molecule has 0 aromatic heterocycles. The number of methoxy groups -OCH3 is 1. The number of esters is 1. The maximum atomic E-state index is 11.3. The summed E-state index contributed by atoms with van der Waals surface area (Å²) in [6.07, 6.45) is 0.921. The average molecular weight is 185 g/mol. The lowest BCUT2D eigenvalue weighted by atomic mass is 9.87. The van der Waals surface area contributed by atoms with Crippen LogP contribution in [0.1, 0.15) is 34.1 Å². The molecule has 0 aromatic carbocycles. The zero-order valence-electron chi connectivity index (χ0n) is 9.13.